The molecule has 0 N–H and O–H groups in total. The normalized spacial score (nSPS) is 46.6. The van der Waals surface area contributed by atoms with Gasteiger partial charge in [-0.15, -0.1) is 0 Å². The summed E-state index contributed by atoms with van der Waals surface area (Å²) in [5.41, 5.74) is 5.50. The smallest absolute Gasteiger partial charge is 0.188 e. The molecular formula is C29H40O2. The van der Waals surface area contributed by atoms with Crippen LogP contribution in [0.15, 0.2) is 12.1 Å². The van der Waals surface area contributed by atoms with Crippen LogP contribution in [0.3, 0.4) is 0 Å². The fourth-order valence-corrected chi connectivity index (χ4v) is 10.7. The number of hydrogen-bond donors (Lipinski definition) is 0. The minimum Gasteiger partial charge on any atom is -0.467 e. The second-order valence-corrected chi connectivity index (χ2v) is 13.1. The number of rotatable bonds is 5. The molecule has 0 heterocycles. The molecule has 2 nitrogen and oxygen atoms in total. The highest BCUT2D eigenvalue weighted by Gasteiger charge is 2.55. The average molecular weight is 421 g/mol. The van der Waals surface area contributed by atoms with Gasteiger partial charge in [0.05, 0.1) is 0 Å². The van der Waals surface area contributed by atoms with Crippen LogP contribution < -0.4 is 4.74 Å². The Balaban J connectivity index is 1.35. The van der Waals surface area contributed by atoms with Gasteiger partial charge in [-0.3, -0.25) is 0 Å². The van der Waals surface area contributed by atoms with Gasteiger partial charge in [0, 0.05) is 12.7 Å². The van der Waals surface area contributed by atoms with Crippen molar-refractivity contribution in [3.63, 3.8) is 0 Å². The molecule has 9 rings (SSSR count). The lowest BCUT2D eigenvalue weighted by Crippen LogP contribution is -2.50. The predicted molar refractivity (Wildman–Crippen MR) is 123 cm³/mol. The first-order valence-electron chi connectivity index (χ1n) is 13.3. The number of benzene rings is 1. The second kappa shape index (κ2) is 6.75. The maximum atomic E-state index is 6.36. The summed E-state index contributed by atoms with van der Waals surface area (Å²) in [6.07, 6.45) is 17.7. The summed E-state index contributed by atoms with van der Waals surface area (Å²) in [5, 5.41) is 0. The van der Waals surface area contributed by atoms with Crippen molar-refractivity contribution < 1.29 is 9.47 Å². The molecule has 8 aliphatic carbocycles. The van der Waals surface area contributed by atoms with Crippen LogP contribution in [0.25, 0.3) is 0 Å². The first-order valence-corrected chi connectivity index (χ1v) is 13.3. The highest BCUT2D eigenvalue weighted by atomic mass is 16.7. The van der Waals surface area contributed by atoms with Crippen LogP contribution in [-0.4, -0.2) is 13.9 Å². The van der Waals surface area contributed by atoms with E-state index in [9.17, 15) is 0 Å². The Morgan fingerprint density at radius 3 is 1.61 bits per heavy atom. The van der Waals surface area contributed by atoms with Gasteiger partial charge in [-0.1, -0.05) is 12.1 Å². The van der Waals surface area contributed by atoms with Crippen molar-refractivity contribution in [2.24, 2.45) is 35.5 Å². The molecule has 168 valence electrons. The van der Waals surface area contributed by atoms with E-state index in [0.717, 1.165) is 35.5 Å². The van der Waals surface area contributed by atoms with Gasteiger partial charge in [0.1, 0.15) is 5.75 Å². The quantitative estimate of drug-likeness (QED) is 0.482. The van der Waals surface area contributed by atoms with Crippen LogP contribution in [-0.2, 0) is 15.6 Å². The SMILES string of the molecule is COCOc1c(C)cc(C23CC4CC(CC(C4)C2)C3)cc1C12CC3CC(CC(C3)C1)C2. The Bertz CT molecular complexity index is 812. The first kappa shape index (κ1) is 19.4. The van der Waals surface area contributed by atoms with Crippen LogP contribution in [0.2, 0.25) is 0 Å². The zero-order valence-corrected chi connectivity index (χ0v) is 19.6. The molecule has 8 saturated carbocycles. The van der Waals surface area contributed by atoms with E-state index in [1.54, 1.807) is 18.2 Å². The summed E-state index contributed by atoms with van der Waals surface area (Å²) in [6.45, 7) is 2.69. The third-order valence-electron chi connectivity index (χ3n) is 10.9. The molecule has 0 radical (unpaired) electrons. The van der Waals surface area contributed by atoms with Crippen molar-refractivity contribution in [2.45, 2.75) is 94.8 Å². The molecule has 8 aliphatic rings. The highest BCUT2D eigenvalue weighted by molar-refractivity contribution is 5.51. The van der Waals surface area contributed by atoms with E-state index < -0.39 is 0 Å². The fraction of sp³-hybridized carbons (Fsp3) is 0.793. The number of ether oxygens (including phenoxy) is 2. The zero-order chi connectivity index (χ0) is 20.8. The minimum atomic E-state index is 0.372. The molecule has 0 atom stereocenters. The van der Waals surface area contributed by atoms with Gasteiger partial charge in [0.15, 0.2) is 6.79 Å². The highest BCUT2D eigenvalue weighted by Crippen LogP contribution is 2.64. The standard InChI is InChI=1S/C29H40O2/c1-18-3-25(28-11-19-4-20(12-28)6-21(5-19)13-28)10-26(27(18)31-17-30-2)29-14-22-7-23(15-29)9-24(8-22)16-29/h3,10,19-24H,4-9,11-17H2,1-2H3. The molecule has 0 aromatic heterocycles. The van der Waals surface area contributed by atoms with E-state index in [1.807, 2.05) is 0 Å². The van der Waals surface area contributed by atoms with Gasteiger partial charge in [-0.05, 0) is 141 Å². The maximum absolute atomic E-state index is 6.36. The molecule has 0 saturated heterocycles. The van der Waals surface area contributed by atoms with Crippen LogP contribution in [0.4, 0.5) is 0 Å². The average Bonchev–Trinajstić information content (AvgIpc) is 2.70. The summed E-state index contributed by atoms with van der Waals surface area (Å²) in [7, 11) is 1.75. The lowest BCUT2D eigenvalue weighted by atomic mass is 9.46. The predicted octanol–water partition coefficient (Wildman–Crippen LogP) is 6.91. The molecule has 0 spiro atoms. The van der Waals surface area contributed by atoms with Crippen LogP contribution in [0.1, 0.15) is 93.7 Å². The molecule has 1 aromatic carbocycles. The van der Waals surface area contributed by atoms with Crippen LogP contribution in [0, 0.1) is 42.4 Å². The van der Waals surface area contributed by atoms with Crippen molar-refractivity contribution >= 4 is 0 Å². The summed E-state index contributed by atoms with van der Waals surface area (Å²) < 4.78 is 11.7. The van der Waals surface area contributed by atoms with Crippen LogP contribution >= 0.6 is 0 Å². The Kier molecular flexibility index (Phi) is 4.23. The maximum Gasteiger partial charge on any atom is 0.188 e. The molecular weight excluding hydrogens is 380 g/mol. The van der Waals surface area contributed by atoms with Gasteiger partial charge in [0.2, 0.25) is 0 Å². The van der Waals surface area contributed by atoms with E-state index in [1.165, 1.54) is 88.4 Å². The van der Waals surface area contributed by atoms with E-state index in [0.29, 0.717) is 17.6 Å². The van der Waals surface area contributed by atoms with E-state index >= 15 is 0 Å². The molecule has 2 heteroatoms. The Labute approximate surface area is 188 Å². The number of hydrogen-bond acceptors (Lipinski definition) is 2. The molecule has 1 aromatic rings. The molecule has 0 amide bonds. The fourth-order valence-electron chi connectivity index (χ4n) is 10.7. The lowest BCUT2D eigenvalue weighted by Gasteiger charge is -2.58. The summed E-state index contributed by atoms with van der Waals surface area (Å²) in [4.78, 5) is 0. The van der Waals surface area contributed by atoms with Gasteiger partial charge < -0.3 is 9.47 Å². The molecule has 8 fully saturated rings. The number of aryl methyl sites for hydroxylation is 1. The summed E-state index contributed by atoms with van der Waals surface area (Å²) in [5.74, 6) is 7.06. The Hall–Kier alpha value is -1.02. The molecule has 0 unspecified atom stereocenters. The van der Waals surface area contributed by atoms with Crippen LogP contribution in [0.5, 0.6) is 5.75 Å². The van der Waals surface area contributed by atoms with Crippen molar-refractivity contribution in [3.8, 4) is 5.75 Å². The van der Waals surface area contributed by atoms with E-state index in [-0.39, 0.29) is 0 Å². The topological polar surface area (TPSA) is 18.5 Å². The van der Waals surface area contributed by atoms with Crippen molar-refractivity contribution in [3.05, 3.63) is 28.8 Å². The summed E-state index contributed by atoms with van der Waals surface area (Å²) in [6, 6.07) is 5.25. The largest absolute Gasteiger partial charge is 0.467 e. The Morgan fingerprint density at radius 1 is 0.710 bits per heavy atom. The third-order valence-corrected chi connectivity index (χ3v) is 10.9. The van der Waals surface area contributed by atoms with Crippen molar-refractivity contribution in [1.29, 1.82) is 0 Å². The first-order chi connectivity index (χ1) is 15.0. The van der Waals surface area contributed by atoms with Gasteiger partial charge in [-0.2, -0.15) is 0 Å². The molecule has 0 aliphatic heterocycles. The zero-order valence-electron chi connectivity index (χ0n) is 19.6. The van der Waals surface area contributed by atoms with Crippen molar-refractivity contribution in [1.82, 2.24) is 0 Å². The van der Waals surface area contributed by atoms with E-state index in [2.05, 4.69) is 19.1 Å². The molecule has 31 heavy (non-hydrogen) atoms. The van der Waals surface area contributed by atoms with E-state index in [4.69, 9.17) is 9.47 Å². The lowest BCUT2D eigenvalue weighted by molar-refractivity contribution is -0.0111. The minimum absolute atomic E-state index is 0.372. The Morgan fingerprint density at radius 2 is 1.16 bits per heavy atom. The molecule has 8 bridgehead atoms. The van der Waals surface area contributed by atoms with Crippen molar-refractivity contribution in [2.75, 3.05) is 13.9 Å². The second-order valence-electron chi connectivity index (χ2n) is 13.1. The van der Waals surface area contributed by atoms with Gasteiger partial charge in [-0.25, -0.2) is 0 Å². The summed E-state index contributed by atoms with van der Waals surface area (Å²) >= 11 is 0. The third kappa shape index (κ3) is 2.92. The number of methoxy groups -OCH3 is 1. The van der Waals surface area contributed by atoms with Gasteiger partial charge >= 0.3 is 0 Å². The van der Waals surface area contributed by atoms with Gasteiger partial charge in [0.25, 0.3) is 0 Å². The monoisotopic (exact) mass is 420 g/mol.